The second kappa shape index (κ2) is 6.78. The van der Waals surface area contributed by atoms with E-state index in [9.17, 15) is 4.79 Å². The van der Waals surface area contributed by atoms with Crippen LogP contribution in [0.1, 0.15) is 50.4 Å². The standard InChI is InChI=1S/C17H25NO2/c1-4-20-17(19)14-6-5-7-15(11-14)18-16-9-8-12(2)13(3)10-16/h5-7,11-13,16,18H,4,8-10H2,1-3H3. The third-order valence-electron chi connectivity index (χ3n) is 4.34. The van der Waals surface area contributed by atoms with E-state index < -0.39 is 0 Å². The van der Waals surface area contributed by atoms with E-state index in [2.05, 4.69) is 19.2 Å². The maximum atomic E-state index is 11.7. The molecule has 1 aromatic rings. The monoisotopic (exact) mass is 275 g/mol. The normalized spacial score (nSPS) is 26.1. The quantitative estimate of drug-likeness (QED) is 0.841. The first-order chi connectivity index (χ1) is 9.60. The SMILES string of the molecule is CCOC(=O)c1cccc(NC2CCC(C)C(C)C2)c1. The van der Waals surface area contributed by atoms with Gasteiger partial charge >= 0.3 is 5.97 Å². The topological polar surface area (TPSA) is 38.3 Å². The van der Waals surface area contributed by atoms with E-state index in [1.807, 2.05) is 25.1 Å². The van der Waals surface area contributed by atoms with Crippen LogP contribution in [0.25, 0.3) is 0 Å². The van der Waals surface area contributed by atoms with Crippen LogP contribution in [-0.2, 0) is 4.74 Å². The van der Waals surface area contributed by atoms with Crippen LogP contribution >= 0.6 is 0 Å². The van der Waals surface area contributed by atoms with Crippen molar-refractivity contribution in [3.63, 3.8) is 0 Å². The predicted molar refractivity (Wildman–Crippen MR) is 82.0 cm³/mol. The van der Waals surface area contributed by atoms with Crippen LogP contribution in [-0.4, -0.2) is 18.6 Å². The van der Waals surface area contributed by atoms with Gasteiger partial charge in [0, 0.05) is 11.7 Å². The number of benzene rings is 1. The van der Waals surface area contributed by atoms with Gasteiger partial charge in [0.1, 0.15) is 0 Å². The molecule has 0 radical (unpaired) electrons. The van der Waals surface area contributed by atoms with Crippen LogP contribution in [0.5, 0.6) is 0 Å². The van der Waals surface area contributed by atoms with E-state index in [4.69, 9.17) is 4.74 Å². The van der Waals surface area contributed by atoms with Gasteiger partial charge in [0.25, 0.3) is 0 Å². The highest BCUT2D eigenvalue weighted by Gasteiger charge is 2.24. The number of hydrogen-bond donors (Lipinski definition) is 1. The Hall–Kier alpha value is -1.51. The Labute approximate surface area is 121 Å². The zero-order valence-corrected chi connectivity index (χ0v) is 12.7. The second-order valence-corrected chi connectivity index (χ2v) is 5.91. The van der Waals surface area contributed by atoms with Gasteiger partial charge in [-0.2, -0.15) is 0 Å². The average Bonchev–Trinajstić information content (AvgIpc) is 2.43. The first-order valence-corrected chi connectivity index (χ1v) is 7.64. The highest BCUT2D eigenvalue weighted by molar-refractivity contribution is 5.90. The van der Waals surface area contributed by atoms with Crippen LogP contribution in [0.2, 0.25) is 0 Å². The van der Waals surface area contributed by atoms with Crippen molar-refractivity contribution in [3.8, 4) is 0 Å². The molecule has 3 nitrogen and oxygen atoms in total. The summed E-state index contributed by atoms with van der Waals surface area (Å²) >= 11 is 0. The Morgan fingerprint density at radius 2 is 2.10 bits per heavy atom. The molecule has 1 N–H and O–H groups in total. The molecule has 0 aliphatic heterocycles. The summed E-state index contributed by atoms with van der Waals surface area (Å²) in [5.74, 6) is 1.33. The summed E-state index contributed by atoms with van der Waals surface area (Å²) in [5, 5.41) is 3.56. The molecular formula is C17H25NO2. The summed E-state index contributed by atoms with van der Waals surface area (Å²) in [6.45, 7) is 6.90. The molecule has 0 aromatic heterocycles. The Morgan fingerprint density at radius 1 is 1.30 bits per heavy atom. The molecule has 0 spiro atoms. The van der Waals surface area contributed by atoms with Crippen molar-refractivity contribution in [3.05, 3.63) is 29.8 Å². The zero-order chi connectivity index (χ0) is 14.5. The van der Waals surface area contributed by atoms with Gasteiger partial charge in [-0.3, -0.25) is 0 Å². The van der Waals surface area contributed by atoms with E-state index in [-0.39, 0.29) is 5.97 Å². The molecule has 3 atom stereocenters. The fraction of sp³-hybridized carbons (Fsp3) is 0.588. The second-order valence-electron chi connectivity index (χ2n) is 5.91. The van der Waals surface area contributed by atoms with Gasteiger partial charge in [0.05, 0.1) is 12.2 Å². The summed E-state index contributed by atoms with van der Waals surface area (Å²) < 4.78 is 5.04. The molecule has 1 aliphatic rings. The maximum absolute atomic E-state index is 11.7. The number of nitrogens with one attached hydrogen (secondary N) is 1. The lowest BCUT2D eigenvalue weighted by atomic mass is 9.79. The number of hydrogen-bond acceptors (Lipinski definition) is 3. The minimum Gasteiger partial charge on any atom is -0.462 e. The molecule has 1 saturated carbocycles. The lowest BCUT2D eigenvalue weighted by Gasteiger charge is -2.33. The molecule has 3 unspecified atom stereocenters. The van der Waals surface area contributed by atoms with Gasteiger partial charge in [-0.25, -0.2) is 4.79 Å². The van der Waals surface area contributed by atoms with Gasteiger partial charge in [0.15, 0.2) is 0 Å². The lowest BCUT2D eigenvalue weighted by molar-refractivity contribution is 0.0526. The van der Waals surface area contributed by atoms with E-state index in [1.54, 1.807) is 6.07 Å². The van der Waals surface area contributed by atoms with Crippen LogP contribution in [0.3, 0.4) is 0 Å². The van der Waals surface area contributed by atoms with Crippen LogP contribution in [0, 0.1) is 11.8 Å². The zero-order valence-electron chi connectivity index (χ0n) is 12.7. The molecule has 0 bridgehead atoms. The third-order valence-corrected chi connectivity index (χ3v) is 4.34. The molecule has 2 rings (SSSR count). The molecule has 0 heterocycles. The molecule has 1 aromatic carbocycles. The molecule has 1 fully saturated rings. The first-order valence-electron chi connectivity index (χ1n) is 7.64. The number of esters is 1. The lowest BCUT2D eigenvalue weighted by Crippen LogP contribution is -2.30. The molecular weight excluding hydrogens is 250 g/mol. The van der Waals surface area contributed by atoms with Crippen molar-refractivity contribution >= 4 is 11.7 Å². The molecule has 1 aliphatic carbocycles. The van der Waals surface area contributed by atoms with Crippen molar-refractivity contribution in [2.24, 2.45) is 11.8 Å². The Balaban J connectivity index is 1.99. The van der Waals surface area contributed by atoms with Crippen molar-refractivity contribution in [1.82, 2.24) is 0 Å². The summed E-state index contributed by atoms with van der Waals surface area (Å²) in [7, 11) is 0. The summed E-state index contributed by atoms with van der Waals surface area (Å²) in [6, 6.07) is 8.13. The summed E-state index contributed by atoms with van der Waals surface area (Å²) in [6.07, 6.45) is 3.68. The molecule has 0 amide bonds. The fourth-order valence-electron chi connectivity index (χ4n) is 2.86. The number of rotatable bonds is 4. The summed E-state index contributed by atoms with van der Waals surface area (Å²) in [4.78, 5) is 11.7. The maximum Gasteiger partial charge on any atom is 0.338 e. The van der Waals surface area contributed by atoms with Gasteiger partial charge in [-0.05, 0) is 56.2 Å². The van der Waals surface area contributed by atoms with Crippen LogP contribution in [0.15, 0.2) is 24.3 Å². The van der Waals surface area contributed by atoms with Gasteiger partial charge < -0.3 is 10.1 Å². The Morgan fingerprint density at radius 3 is 2.80 bits per heavy atom. The van der Waals surface area contributed by atoms with Crippen molar-refractivity contribution < 1.29 is 9.53 Å². The minimum atomic E-state index is -0.248. The van der Waals surface area contributed by atoms with Crippen molar-refractivity contribution in [1.29, 1.82) is 0 Å². The number of ether oxygens (including phenoxy) is 1. The van der Waals surface area contributed by atoms with Gasteiger partial charge in [0.2, 0.25) is 0 Å². The van der Waals surface area contributed by atoms with Crippen LogP contribution in [0.4, 0.5) is 5.69 Å². The summed E-state index contributed by atoms with van der Waals surface area (Å²) in [5.41, 5.74) is 1.64. The van der Waals surface area contributed by atoms with E-state index in [0.29, 0.717) is 18.2 Å². The largest absolute Gasteiger partial charge is 0.462 e. The molecule has 3 heteroatoms. The third kappa shape index (κ3) is 3.75. The Kier molecular flexibility index (Phi) is 5.05. The number of anilines is 1. The van der Waals surface area contributed by atoms with E-state index >= 15 is 0 Å². The number of carbonyl (C=O) groups excluding carboxylic acids is 1. The van der Waals surface area contributed by atoms with E-state index in [0.717, 1.165) is 17.5 Å². The fourth-order valence-corrected chi connectivity index (χ4v) is 2.86. The van der Waals surface area contributed by atoms with E-state index in [1.165, 1.54) is 19.3 Å². The van der Waals surface area contributed by atoms with Crippen molar-refractivity contribution in [2.45, 2.75) is 46.1 Å². The Bertz CT molecular complexity index is 458. The minimum absolute atomic E-state index is 0.248. The van der Waals surface area contributed by atoms with Gasteiger partial charge in [-0.15, -0.1) is 0 Å². The first kappa shape index (κ1) is 14.9. The smallest absolute Gasteiger partial charge is 0.338 e. The number of carbonyl (C=O) groups is 1. The predicted octanol–water partition coefficient (Wildman–Crippen LogP) is 4.10. The highest BCUT2D eigenvalue weighted by Crippen LogP contribution is 2.31. The average molecular weight is 275 g/mol. The van der Waals surface area contributed by atoms with Crippen LogP contribution < -0.4 is 5.32 Å². The highest BCUT2D eigenvalue weighted by atomic mass is 16.5. The molecule has 0 saturated heterocycles. The van der Waals surface area contributed by atoms with Gasteiger partial charge in [-0.1, -0.05) is 19.9 Å². The molecule has 20 heavy (non-hydrogen) atoms. The van der Waals surface area contributed by atoms with Crippen molar-refractivity contribution in [2.75, 3.05) is 11.9 Å². The molecule has 110 valence electrons.